The van der Waals surface area contributed by atoms with Crippen LogP contribution >= 0.6 is 0 Å². The zero-order valence-electron chi connectivity index (χ0n) is 11.1. The molecule has 4 heteroatoms. The molecule has 0 bridgehead atoms. The summed E-state index contributed by atoms with van der Waals surface area (Å²) in [6, 6.07) is 8.00. The Hall–Kier alpha value is -1.39. The molecular weight excluding hydrogens is 228 g/mol. The number of nitrogens with two attached hydrogens (primary N) is 1. The normalized spacial score (nSPS) is 12.2. The van der Waals surface area contributed by atoms with E-state index in [9.17, 15) is 4.79 Å². The fraction of sp³-hybridized carbons (Fsp3) is 0.500. The molecule has 0 fully saturated rings. The van der Waals surface area contributed by atoms with Crippen molar-refractivity contribution >= 4 is 5.91 Å². The van der Waals surface area contributed by atoms with Crippen molar-refractivity contribution in [2.45, 2.75) is 32.4 Å². The second-order valence-corrected chi connectivity index (χ2v) is 4.33. The van der Waals surface area contributed by atoms with Crippen molar-refractivity contribution in [3.05, 3.63) is 35.4 Å². The summed E-state index contributed by atoms with van der Waals surface area (Å²) in [5.74, 6) is 0.0578. The van der Waals surface area contributed by atoms with Crippen molar-refractivity contribution in [1.29, 1.82) is 0 Å². The molecule has 0 radical (unpaired) electrons. The monoisotopic (exact) mass is 250 g/mol. The van der Waals surface area contributed by atoms with Crippen LogP contribution in [0.3, 0.4) is 0 Å². The maximum atomic E-state index is 11.6. The quantitative estimate of drug-likeness (QED) is 0.725. The van der Waals surface area contributed by atoms with E-state index in [1.807, 2.05) is 31.2 Å². The number of amides is 1. The van der Waals surface area contributed by atoms with E-state index in [-0.39, 0.29) is 11.9 Å². The standard InChI is InChI=1S/C14H22N2O2/c1-11(16-14(17)4-3-9-18-2)13-7-5-12(10-15)6-8-13/h5-8,11H,3-4,9-10,15H2,1-2H3,(H,16,17). The minimum atomic E-state index is 0.0202. The first-order valence-electron chi connectivity index (χ1n) is 6.24. The molecule has 1 aromatic carbocycles. The van der Waals surface area contributed by atoms with Crippen LogP contribution in [0.2, 0.25) is 0 Å². The van der Waals surface area contributed by atoms with Crippen molar-refractivity contribution in [3.8, 4) is 0 Å². The van der Waals surface area contributed by atoms with Gasteiger partial charge in [0, 0.05) is 26.7 Å². The molecule has 1 amide bonds. The van der Waals surface area contributed by atoms with Crippen LogP contribution in [0.25, 0.3) is 0 Å². The van der Waals surface area contributed by atoms with Crippen molar-refractivity contribution in [1.82, 2.24) is 5.32 Å². The van der Waals surface area contributed by atoms with E-state index in [0.29, 0.717) is 19.6 Å². The van der Waals surface area contributed by atoms with Crippen LogP contribution in [0.1, 0.15) is 36.9 Å². The Balaban J connectivity index is 2.43. The first kappa shape index (κ1) is 14.7. The van der Waals surface area contributed by atoms with Gasteiger partial charge in [-0.25, -0.2) is 0 Å². The van der Waals surface area contributed by atoms with Gasteiger partial charge in [0.2, 0.25) is 5.91 Å². The molecule has 1 rings (SSSR count). The highest BCUT2D eigenvalue weighted by molar-refractivity contribution is 5.76. The molecular formula is C14H22N2O2. The lowest BCUT2D eigenvalue weighted by molar-refractivity contribution is -0.122. The Kier molecular flexibility index (Phi) is 6.39. The Bertz CT molecular complexity index is 363. The van der Waals surface area contributed by atoms with Gasteiger partial charge in [0.25, 0.3) is 0 Å². The summed E-state index contributed by atoms with van der Waals surface area (Å²) >= 11 is 0. The number of nitrogens with one attached hydrogen (secondary N) is 1. The van der Waals surface area contributed by atoms with Gasteiger partial charge < -0.3 is 15.8 Å². The van der Waals surface area contributed by atoms with Gasteiger partial charge >= 0.3 is 0 Å². The molecule has 1 unspecified atom stereocenters. The summed E-state index contributed by atoms with van der Waals surface area (Å²) in [4.78, 5) is 11.6. The number of rotatable bonds is 7. The maximum Gasteiger partial charge on any atom is 0.220 e. The molecule has 1 aromatic rings. The fourth-order valence-corrected chi connectivity index (χ4v) is 1.72. The third-order valence-electron chi connectivity index (χ3n) is 2.85. The van der Waals surface area contributed by atoms with Crippen molar-refractivity contribution in [3.63, 3.8) is 0 Å². The summed E-state index contributed by atoms with van der Waals surface area (Å²) in [5.41, 5.74) is 7.73. The first-order valence-corrected chi connectivity index (χ1v) is 6.24. The van der Waals surface area contributed by atoms with Gasteiger partial charge in [-0.1, -0.05) is 24.3 Å². The molecule has 0 saturated carbocycles. The minimum Gasteiger partial charge on any atom is -0.385 e. The number of methoxy groups -OCH3 is 1. The van der Waals surface area contributed by atoms with Gasteiger partial charge in [-0.3, -0.25) is 4.79 Å². The molecule has 100 valence electrons. The van der Waals surface area contributed by atoms with Crippen molar-refractivity contribution in [2.24, 2.45) is 5.73 Å². The van der Waals surface area contributed by atoms with Crippen LogP contribution in [-0.2, 0) is 16.1 Å². The molecule has 0 aliphatic carbocycles. The lowest BCUT2D eigenvalue weighted by Crippen LogP contribution is -2.26. The fourth-order valence-electron chi connectivity index (χ4n) is 1.72. The molecule has 3 N–H and O–H groups in total. The Morgan fingerprint density at radius 1 is 1.39 bits per heavy atom. The van der Waals surface area contributed by atoms with Crippen LogP contribution < -0.4 is 11.1 Å². The van der Waals surface area contributed by atoms with Gasteiger partial charge in [-0.05, 0) is 24.5 Å². The van der Waals surface area contributed by atoms with Gasteiger partial charge in [0.1, 0.15) is 0 Å². The molecule has 0 aliphatic rings. The van der Waals surface area contributed by atoms with Gasteiger partial charge in [-0.15, -0.1) is 0 Å². The zero-order valence-corrected chi connectivity index (χ0v) is 11.1. The second-order valence-electron chi connectivity index (χ2n) is 4.33. The van der Waals surface area contributed by atoms with Gasteiger partial charge in [0.05, 0.1) is 6.04 Å². The third-order valence-corrected chi connectivity index (χ3v) is 2.85. The Morgan fingerprint density at radius 3 is 2.61 bits per heavy atom. The second kappa shape index (κ2) is 7.84. The molecule has 0 spiro atoms. The van der Waals surface area contributed by atoms with E-state index in [1.54, 1.807) is 7.11 Å². The van der Waals surface area contributed by atoms with Gasteiger partial charge in [-0.2, -0.15) is 0 Å². The molecule has 4 nitrogen and oxygen atoms in total. The van der Waals surface area contributed by atoms with E-state index in [4.69, 9.17) is 10.5 Å². The number of hydrogen-bond acceptors (Lipinski definition) is 3. The van der Waals surface area contributed by atoms with E-state index in [2.05, 4.69) is 5.32 Å². The third kappa shape index (κ3) is 4.85. The number of hydrogen-bond donors (Lipinski definition) is 2. The maximum absolute atomic E-state index is 11.6. The zero-order chi connectivity index (χ0) is 13.4. The van der Waals surface area contributed by atoms with Crippen LogP contribution in [0, 0.1) is 0 Å². The van der Waals surface area contributed by atoms with E-state index in [1.165, 1.54) is 0 Å². The first-order chi connectivity index (χ1) is 8.67. The number of carbonyl (C=O) groups excluding carboxylic acids is 1. The number of ether oxygens (including phenoxy) is 1. The smallest absolute Gasteiger partial charge is 0.220 e. The summed E-state index contributed by atoms with van der Waals surface area (Å²) in [7, 11) is 1.64. The highest BCUT2D eigenvalue weighted by atomic mass is 16.5. The summed E-state index contributed by atoms with van der Waals surface area (Å²) in [6.45, 7) is 3.14. The van der Waals surface area contributed by atoms with Crippen LogP contribution in [0.4, 0.5) is 0 Å². The summed E-state index contributed by atoms with van der Waals surface area (Å²) in [6.07, 6.45) is 1.25. The summed E-state index contributed by atoms with van der Waals surface area (Å²) < 4.78 is 4.92. The molecule has 0 heterocycles. The lowest BCUT2D eigenvalue weighted by Gasteiger charge is -2.14. The molecule has 0 aromatic heterocycles. The average Bonchev–Trinajstić information content (AvgIpc) is 2.39. The van der Waals surface area contributed by atoms with Crippen LogP contribution in [0.15, 0.2) is 24.3 Å². The Morgan fingerprint density at radius 2 is 2.06 bits per heavy atom. The predicted octanol–water partition coefficient (Wildman–Crippen LogP) is 1.75. The predicted molar refractivity (Wildman–Crippen MR) is 72.0 cm³/mol. The largest absolute Gasteiger partial charge is 0.385 e. The van der Waals surface area contributed by atoms with E-state index in [0.717, 1.165) is 17.5 Å². The van der Waals surface area contributed by atoms with E-state index >= 15 is 0 Å². The summed E-state index contributed by atoms with van der Waals surface area (Å²) in [5, 5.41) is 2.97. The number of benzene rings is 1. The number of carbonyl (C=O) groups is 1. The Labute approximate surface area is 109 Å². The SMILES string of the molecule is COCCCC(=O)NC(C)c1ccc(CN)cc1. The molecule has 0 aliphatic heterocycles. The van der Waals surface area contributed by atoms with Crippen molar-refractivity contribution in [2.75, 3.05) is 13.7 Å². The topological polar surface area (TPSA) is 64.3 Å². The van der Waals surface area contributed by atoms with Crippen LogP contribution in [-0.4, -0.2) is 19.6 Å². The molecule has 18 heavy (non-hydrogen) atoms. The van der Waals surface area contributed by atoms with Gasteiger partial charge in [0.15, 0.2) is 0 Å². The van der Waals surface area contributed by atoms with Crippen LogP contribution in [0.5, 0.6) is 0 Å². The highest BCUT2D eigenvalue weighted by Crippen LogP contribution is 2.13. The highest BCUT2D eigenvalue weighted by Gasteiger charge is 2.08. The molecule has 0 saturated heterocycles. The minimum absolute atomic E-state index is 0.0202. The average molecular weight is 250 g/mol. The molecule has 1 atom stereocenters. The lowest BCUT2D eigenvalue weighted by atomic mass is 10.1. The van der Waals surface area contributed by atoms with Crippen molar-refractivity contribution < 1.29 is 9.53 Å². The van der Waals surface area contributed by atoms with E-state index < -0.39 is 0 Å².